The van der Waals surface area contributed by atoms with Gasteiger partial charge in [-0.1, -0.05) is 0 Å². The molecular formula is C9H12N2O5S. The second-order valence-electron chi connectivity index (χ2n) is 3.87. The number of carboxylic acids is 1. The van der Waals surface area contributed by atoms with Gasteiger partial charge in [0.25, 0.3) is 0 Å². The summed E-state index contributed by atoms with van der Waals surface area (Å²) in [5.74, 6) is -1.04. The highest BCUT2D eigenvalue weighted by atomic mass is 32.2. The van der Waals surface area contributed by atoms with Crippen LogP contribution < -0.4 is 4.74 Å². The van der Waals surface area contributed by atoms with E-state index in [-0.39, 0.29) is 22.9 Å². The lowest BCUT2D eigenvalue weighted by atomic mass is 10.2. The van der Waals surface area contributed by atoms with Crippen LogP contribution in [0, 0.1) is 0 Å². The Kier molecular flexibility index (Phi) is 2.82. The zero-order valence-electron chi connectivity index (χ0n) is 9.16. The Bertz CT molecular complexity index is 548. The molecule has 1 unspecified atom stereocenters. The smallest absolute Gasteiger partial charge is 0.358 e. The summed E-state index contributed by atoms with van der Waals surface area (Å²) in [4.78, 5) is 11.1. The van der Waals surface area contributed by atoms with Gasteiger partial charge < -0.3 is 9.84 Å². The first-order chi connectivity index (χ1) is 7.94. The minimum Gasteiger partial charge on any atom is -0.493 e. The van der Waals surface area contributed by atoms with Crippen molar-refractivity contribution in [2.45, 2.75) is 12.5 Å². The molecule has 0 amide bonds. The number of carbonyl (C=O) groups is 1. The van der Waals surface area contributed by atoms with E-state index in [1.165, 1.54) is 18.0 Å². The van der Waals surface area contributed by atoms with E-state index >= 15 is 0 Å². The summed E-state index contributed by atoms with van der Waals surface area (Å²) in [6.45, 7) is 0. The summed E-state index contributed by atoms with van der Waals surface area (Å²) in [7, 11) is -1.73. The van der Waals surface area contributed by atoms with E-state index < -0.39 is 21.8 Å². The van der Waals surface area contributed by atoms with Crippen molar-refractivity contribution in [3.8, 4) is 5.75 Å². The monoisotopic (exact) mass is 260 g/mol. The third-order valence-corrected chi connectivity index (χ3v) is 4.49. The number of nitrogens with zero attached hydrogens (tertiary/aromatic N) is 2. The summed E-state index contributed by atoms with van der Waals surface area (Å²) in [5, 5.41) is 13.0. The van der Waals surface area contributed by atoms with Crippen molar-refractivity contribution >= 4 is 15.8 Å². The Labute approximate surface area is 97.9 Å². The lowest BCUT2D eigenvalue weighted by molar-refractivity contribution is 0.0677. The van der Waals surface area contributed by atoms with Gasteiger partial charge in [-0.15, -0.1) is 0 Å². The van der Waals surface area contributed by atoms with Crippen LogP contribution in [0.15, 0.2) is 6.20 Å². The van der Waals surface area contributed by atoms with E-state index in [0.29, 0.717) is 6.42 Å². The van der Waals surface area contributed by atoms with Gasteiger partial charge in [0.05, 0.1) is 30.9 Å². The van der Waals surface area contributed by atoms with Crippen LogP contribution in [0.5, 0.6) is 5.75 Å². The van der Waals surface area contributed by atoms with Crippen LogP contribution in [0.2, 0.25) is 0 Å². The second kappa shape index (κ2) is 4.02. The van der Waals surface area contributed by atoms with Gasteiger partial charge in [-0.05, 0) is 6.42 Å². The first-order valence-electron chi connectivity index (χ1n) is 5.00. The topological polar surface area (TPSA) is 98.5 Å². The molecule has 1 saturated heterocycles. The van der Waals surface area contributed by atoms with Crippen LogP contribution in [-0.2, 0) is 9.84 Å². The molecule has 17 heavy (non-hydrogen) atoms. The molecule has 2 heterocycles. The van der Waals surface area contributed by atoms with Gasteiger partial charge in [-0.2, -0.15) is 5.10 Å². The molecule has 2 rings (SSSR count). The number of hydrogen-bond acceptors (Lipinski definition) is 5. The van der Waals surface area contributed by atoms with Gasteiger partial charge in [0.15, 0.2) is 21.3 Å². The molecule has 1 atom stereocenters. The second-order valence-corrected chi connectivity index (χ2v) is 6.10. The minimum absolute atomic E-state index is 0.0684. The largest absolute Gasteiger partial charge is 0.493 e. The molecule has 1 N–H and O–H groups in total. The molecule has 8 heteroatoms. The standard InChI is InChI=1S/C9H12N2O5S/c1-16-7-4-10-11(8(7)9(12)13)6-2-3-17(14,15)5-6/h4,6H,2-3,5H2,1H3,(H,12,13). The lowest BCUT2D eigenvalue weighted by Crippen LogP contribution is -2.18. The molecule has 7 nitrogen and oxygen atoms in total. The Balaban J connectivity index is 2.40. The highest BCUT2D eigenvalue weighted by Crippen LogP contribution is 2.28. The van der Waals surface area contributed by atoms with Gasteiger partial charge in [0.1, 0.15) is 0 Å². The van der Waals surface area contributed by atoms with Crippen molar-refractivity contribution in [1.82, 2.24) is 9.78 Å². The van der Waals surface area contributed by atoms with E-state index in [2.05, 4.69) is 5.10 Å². The predicted molar refractivity (Wildman–Crippen MR) is 58.0 cm³/mol. The maximum Gasteiger partial charge on any atom is 0.358 e. The fourth-order valence-corrected chi connectivity index (χ4v) is 3.64. The molecule has 1 aromatic rings. The molecule has 1 aliphatic heterocycles. The lowest BCUT2D eigenvalue weighted by Gasteiger charge is -2.10. The molecule has 0 aromatic carbocycles. The van der Waals surface area contributed by atoms with Crippen LogP contribution in [0.4, 0.5) is 0 Å². The number of ether oxygens (including phenoxy) is 1. The van der Waals surface area contributed by atoms with Crippen LogP contribution in [0.1, 0.15) is 23.0 Å². The van der Waals surface area contributed by atoms with Gasteiger partial charge in [0, 0.05) is 0 Å². The third kappa shape index (κ3) is 2.12. The fraction of sp³-hybridized carbons (Fsp3) is 0.556. The SMILES string of the molecule is COc1cnn(C2CCS(=O)(=O)C2)c1C(=O)O. The average Bonchev–Trinajstić information content (AvgIpc) is 2.80. The first kappa shape index (κ1) is 11.9. The molecule has 94 valence electrons. The summed E-state index contributed by atoms with van der Waals surface area (Å²) < 4.78 is 28.8. The number of sulfone groups is 1. The Morgan fingerprint density at radius 3 is 2.82 bits per heavy atom. The summed E-state index contributed by atoms with van der Waals surface area (Å²) in [5.41, 5.74) is -0.102. The van der Waals surface area contributed by atoms with Crippen LogP contribution in [-0.4, -0.2) is 47.9 Å². The van der Waals surface area contributed by atoms with Crippen molar-refractivity contribution in [3.05, 3.63) is 11.9 Å². The normalized spacial score (nSPS) is 22.5. The number of hydrogen-bond donors (Lipinski definition) is 1. The highest BCUT2D eigenvalue weighted by Gasteiger charge is 2.33. The molecule has 0 aliphatic carbocycles. The zero-order valence-corrected chi connectivity index (χ0v) is 9.98. The van der Waals surface area contributed by atoms with E-state index in [0.717, 1.165) is 0 Å². The Hall–Kier alpha value is -1.57. The quantitative estimate of drug-likeness (QED) is 0.818. The molecule has 1 aromatic heterocycles. The summed E-state index contributed by atoms with van der Waals surface area (Å²) in [6, 6.07) is -0.421. The van der Waals surface area contributed by atoms with E-state index in [9.17, 15) is 13.2 Å². The number of methoxy groups -OCH3 is 1. The fourth-order valence-electron chi connectivity index (χ4n) is 1.94. The highest BCUT2D eigenvalue weighted by molar-refractivity contribution is 7.91. The van der Waals surface area contributed by atoms with E-state index in [1.807, 2.05) is 0 Å². The molecule has 0 bridgehead atoms. The summed E-state index contributed by atoms with van der Waals surface area (Å²) in [6.07, 6.45) is 1.67. The van der Waals surface area contributed by atoms with Gasteiger partial charge in [0.2, 0.25) is 0 Å². The van der Waals surface area contributed by atoms with Crippen LogP contribution >= 0.6 is 0 Å². The Morgan fingerprint density at radius 2 is 2.35 bits per heavy atom. The van der Waals surface area contributed by atoms with E-state index in [4.69, 9.17) is 9.84 Å². The Morgan fingerprint density at radius 1 is 1.65 bits per heavy atom. The first-order valence-corrected chi connectivity index (χ1v) is 6.82. The van der Waals surface area contributed by atoms with Gasteiger partial charge in [-0.3, -0.25) is 4.68 Å². The van der Waals surface area contributed by atoms with Gasteiger partial charge in [-0.25, -0.2) is 13.2 Å². The average molecular weight is 260 g/mol. The van der Waals surface area contributed by atoms with Crippen molar-refractivity contribution < 1.29 is 23.1 Å². The maximum atomic E-state index is 11.4. The number of aromatic nitrogens is 2. The third-order valence-electron chi connectivity index (χ3n) is 2.74. The molecule has 0 radical (unpaired) electrons. The zero-order chi connectivity index (χ0) is 12.6. The van der Waals surface area contributed by atoms with Gasteiger partial charge >= 0.3 is 5.97 Å². The number of aromatic carboxylic acids is 1. The van der Waals surface area contributed by atoms with Crippen molar-refractivity contribution in [2.24, 2.45) is 0 Å². The molecule has 1 fully saturated rings. The van der Waals surface area contributed by atoms with Crippen molar-refractivity contribution in [2.75, 3.05) is 18.6 Å². The molecule has 0 saturated carbocycles. The number of rotatable bonds is 3. The summed E-state index contributed by atoms with van der Waals surface area (Å²) >= 11 is 0. The molecular weight excluding hydrogens is 248 g/mol. The maximum absolute atomic E-state index is 11.4. The number of carboxylic acid groups (broad SMARTS) is 1. The molecule has 0 spiro atoms. The predicted octanol–water partition coefficient (Wildman–Crippen LogP) is -0.0505. The van der Waals surface area contributed by atoms with Crippen molar-refractivity contribution in [3.63, 3.8) is 0 Å². The molecule has 1 aliphatic rings. The minimum atomic E-state index is -3.08. The van der Waals surface area contributed by atoms with Crippen molar-refractivity contribution in [1.29, 1.82) is 0 Å². The van der Waals surface area contributed by atoms with Crippen LogP contribution in [0.25, 0.3) is 0 Å². The van der Waals surface area contributed by atoms with Crippen LogP contribution in [0.3, 0.4) is 0 Å². The van der Waals surface area contributed by atoms with E-state index in [1.54, 1.807) is 0 Å².